The molecule has 0 fully saturated rings. The van der Waals surface area contributed by atoms with Crippen LogP contribution in [-0.4, -0.2) is 15.9 Å². The average molecular weight is 525 g/mol. The lowest BCUT2D eigenvalue weighted by molar-refractivity contribution is 0.306. The van der Waals surface area contributed by atoms with Crippen LogP contribution in [0.15, 0.2) is 81.1 Å². The van der Waals surface area contributed by atoms with Crippen LogP contribution < -0.4 is 10.3 Å². The van der Waals surface area contributed by atoms with Gasteiger partial charge in [-0.2, -0.15) is 9.78 Å². The molecule has 0 spiro atoms. The van der Waals surface area contributed by atoms with E-state index in [1.54, 1.807) is 12.3 Å². The molecule has 0 amide bonds. The van der Waals surface area contributed by atoms with Crippen LogP contribution in [0.3, 0.4) is 0 Å². The zero-order valence-corrected chi connectivity index (χ0v) is 20.7. The average Bonchev–Trinajstić information content (AvgIpc) is 2.83. The van der Waals surface area contributed by atoms with Crippen LogP contribution in [-0.2, 0) is 6.61 Å². The normalized spacial score (nSPS) is 12.4. The number of benzene rings is 3. The van der Waals surface area contributed by atoms with E-state index in [1.165, 1.54) is 4.68 Å². The maximum absolute atomic E-state index is 13.3. The third-order valence-corrected chi connectivity index (χ3v) is 6.32. The fourth-order valence-electron chi connectivity index (χ4n) is 3.39. The van der Waals surface area contributed by atoms with Crippen molar-refractivity contribution in [3.63, 3.8) is 0 Å². The molecule has 0 saturated heterocycles. The van der Waals surface area contributed by atoms with Gasteiger partial charge in [0, 0.05) is 26.5 Å². The maximum atomic E-state index is 13.3. The lowest BCUT2D eigenvalue weighted by atomic mass is 10.1. The molecule has 0 aliphatic heterocycles. The Labute approximate surface area is 205 Å². The first-order valence-electron chi connectivity index (χ1n) is 10.7. The van der Waals surface area contributed by atoms with Gasteiger partial charge in [-0.25, -0.2) is 4.98 Å². The molecule has 0 aliphatic rings. The second-order valence-electron chi connectivity index (χ2n) is 7.72. The third kappa shape index (κ3) is 5.18. The summed E-state index contributed by atoms with van der Waals surface area (Å²) in [4.78, 5) is 18.1. The van der Waals surface area contributed by atoms with Crippen molar-refractivity contribution in [2.45, 2.75) is 32.8 Å². The highest BCUT2D eigenvalue weighted by molar-refractivity contribution is 9.10. The summed E-state index contributed by atoms with van der Waals surface area (Å²) in [6, 6.07) is 20.6. The summed E-state index contributed by atoms with van der Waals surface area (Å²) in [5.41, 5.74) is 2.10. The number of aromatic nitrogens is 2. The Morgan fingerprint density at radius 3 is 2.70 bits per heavy atom. The molecule has 0 bridgehead atoms. The largest absolute Gasteiger partial charge is 0.488 e. The first kappa shape index (κ1) is 23.2. The Morgan fingerprint density at radius 2 is 1.91 bits per heavy atom. The van der Waals surface area contributed by atoms with Gasteiger partial charge >= 0.3 is 0 Å². The van der Waals surface area contributed by atoms with Gasteiger partial charge in [0.15, 0.2) is 0 Å². The number of rotatable bonds is 7. The van der Waals surface area contributed by atoms with Crippen molar-refractivity contribution in [2.24, 2.45) is 5.10 Å². The van der Waals surface area contributed by atoms with E-state index in [0.29, 0.717) is 34.1 Å². The van der Waals surface area contributed by atoms with Crippen LogP contribution in [0.25, 0.3) is 10.9 Å². The van der Waals surface area contributed by atoms with Crippen molar-refractivity contribution in [2.75, 3.05) is 0 Å². The van der Waals surface area contributed by atoms with Gasteiger partial charge in [-0.3, -0.25) is 4.79 Å². The lowest BCUT2D eigenvalue weighted by Crippen LogP contribution is -2.23. The lowest BCUT2D eigenvalue weighted by Gasteiger charge is -2.14. The summed E-state index contributed by atoms with van der Waals surface area (Å²) in [6.45, 7) is 4.43. The first-order valence-corrected chi connectivity index (χ1v) is 11.9. The number of ether oxygens (including phenoxy) is 1. The van der Waals surface area contributed by atoms with Crippen LogP contribution in [0.5, 0.6) is 5.75 Å². The number of hydrogen-bond acceptors (Lipinski definition) is 4. The van der Waals surface area contributed by atoms with E-state index in [4.69, 9.17) is 21.3 Å². The predicted octanol–water partition coefficient (Wildman–Crippen LogP) is 6.79. The minimum atomic E-state index is -0.206. The van der Waals surface area contributed by atoms with Crippen LogP contribution in [0.4, 0.5) is 0 Å². The van der Waals surface area contributed by atoms with Gasteiger partial charge in [0.1, 0.15) is 18.2 Å². The topological polar surface area (TPSA) is 56.5 Å². The van der Waals surface area contributed by atoms with Crippen LogP contribution in [0, 0.1) is 0 Å². The van der Waals surface area contributed by atoms with Crippen molar-refractivity contribution in [3.05, 3.63) is 104 Å². The molecule has 0 aliphatic carbocycles. The van der Waals surface area contributed by atoms with Gasteiger partial charge in [0.25, 0.3) is 5.56 Å². The van der Waals surface area contributed by atoms with Gasteiger partial charge in [0.05, 0.1) is 17.1 Å². The zero-order valence-electron chi connectivity index (χ0n) is 18.3. The highest BCUT2D eigenvalue weighted by atomic mass is 79.9. The second-order valence-corrected chi connectivity index (χ2v) is 9.04. The molecular weight excluding hydrogens is 502 g/mol. The second kappa shape index (κ2) is 10.3. The Kier molecular flexibility index (Phi) is 7.26. The van der Waals surface area contributed by atoms with E-state index >= 15 is 0 Å². The van der Waals surface area contributed by atoms with E-state index < -0.39 is 0 Å². The molecule has 33 heavy (non-hydrogen) atoms. The summed E-state index contributed by atoms with van der Waals surface area (Å²) in [7, 11) is 0. The summed E-state index contributed by atoms with van der Waals surface area (Å²) in [6.07, 6.45) is 2.47. The van der Waals surface area contributed by atoms with Crippen molar-refractivity contribution in [1.82, 2.24) is 9.66 Å². The number of halogens is 2. The third-order valence-electron chi connectivity index (χ3n) is 5.46. The molecule has 0 saturated carbocycles. The predicted molar refractivity (Wildman–Crippen MR) is 138 cm³/mol. The number of fused-ring (bicyclic) bond motifs is 1. The molecule has 0 radical (unpaired) electrons. The van der Waals surface area contributed by atoms with Crippen LogP contribution in [0.2, 0.25) is 5.02 Å². The van der Waals surface area contributed by atoms with Gasteiger partial charge in [0.2, 0.25) is 0 Å². The molecule has 7 heteroatoms. The van der Waals surface area contributed by atoms with Gasteiger partial charge in [-0.05, 0) is 42.8 Å². The van der Waals surface area contributed by atoms with E-state index in [9.17, 15) is 4.79 Å². The molecule has 1 atom stereocenters. The summed E-state index contributed by atoms with van der Waals surface area (Å²) in [5, 5.41) is 5.72. The summed E-state index contributed by atoms with van der Waals surface area (Å²) in [5.74, 6) is 1.34. The quantitative estimate of drug-likeness (QED) is 0.250. The van der Waals surface area contributed by atoms with E-state index in [-0.39, 0.29) is 11.5 Å². The fraction of sp³-hybridized carbons (Fsp3) is 0.192. The van der Waals surface area contributed by atoms with Gasteiger partial charge in [-0.1, -0.05) is 71.7 Å². The highest BCUT2D eigenvalue weighted by Crippen LogP contribution is 2.23. The standard InChI is InChI=1S/C26H23BrClN3O2/c1-3-17(2)25-30-23-13-12-20(27)14-21(23)26(32)31(25)29-15-18-8-5-7-11-24(18)33-16-19-9-4-6-10-22(19)28/h4-15,17H,3,16H2,1-2H3/t17-/m1/s1. The van der Waals surface area contributed by atoms with Gasteiger partial charge in [-0.15, -0.1) is 0 Å². The minimum absolute atomic E-state index is 0.0645. The number of hydrogen-bond donors (Lipinski definition) is 0. The summed E-state index contributed by atoms with van der Waals surface area (Å²) < 4.78 is 8.24. The van der Waals surface area contributed by atoms with Crippen molar-refractivity contribution in [3.8, 4) is 5.75 Å². The highest BCUT2D eigenvalue weighted by Gasteiger charge is 2.16. The number of para-hydroxylation sites is 1. The van der Waals surface area contributed by atoms with E-state index in [0.717, 1.165) is 22.0 Å². The number of nitrogens with zero attached hydrogens (tertiary/aromatic N) is 3. The monoisotopic (exact) mass is 523 g/mol. The molecule has 1 heterocycles. The molecular formula is C26H23BrClN3O2. The maximum Gasteiger partial charge on any atom is 0.282 e. The van der Waals surface area contributed by atoms with Crippen LogP contribution in [0.1, 0.15) is 43.1 Å². The molecule has 4 rings (SSSR count). The fourth-order valence-corrected chi connectivity index (χ4v) is 3.94. The Morgan fingerprint density at radius 1 is 1.15 bits per heavy atom. The Bertz CT molecular complexity index is 1380. The first-order chi connectivity index (χ1) is 16.0. The van der Waals surface area contributed by atoms with E-state index in [2.05, 4.69) is 28.0 Å². The molecule has 0 N–H and O–H groups in total. The minimum Gasteiger partial charge on any atom is -0.488 e. The molecule has 5 nitrogen and oxygen atoms in total. The Hall–Kier alpha value is -2.96. The van der Waals surface area contributed by atoms with Crippen LogP contribution >= 0.6 is 27.5 Å². The molecule has 168 valence electrons. The smallest absolute Gasteiger partial charge is 0.282 e. The van der Waals surface area contributed by atoms with E-state index in [1.807, 2.05) is 67.6 Å². The zero-order chi connectivity index (χ0) is 23.4. The van der Waals surface area contributed by atoms with Crippen molar-refractivity contribution >= 4 is 44.6 Å². The Balaban J connectivity index is 1.72. The molecule has 3 aromatic carbocycles. The van der Waals surface area contributed by atoms with Gasteiger partial charge < -0.3 is 4.74 Å². The molecule has 4 aromatic rings. The van der Waals surface area contributed by atoms with Crippen molar-refractivity contribution < 1.29 is 4.74 Å². The summed E-state index contributed by atoms with van der Waals surface area (Å²) >= 11 is 9.69. The molecule has 0 unspecified atom stereocenters. The SMILES string of the molecule is CC[C@@H](C)c1nc2ccc(Br)cc2c(=O)n1N=Cc1ccccc1OCc1ccccc1Cl. The van der Waals surface area contributed by atoms with Crippen molar-refractivity contribution in [1.29, 1.82) is 0 Å². The molecule has 1 aromatic heterocycles.